The van der Waals surface area contributed by atoms with E-state index in [1.807, 2.05) is 6.07 Å². The van der Waals surface area contributed by atoms with Gasteiger partial charge >= 0.3 is 0 Å². The molecule has 0 aliphatic carbocycles. The number of halogens is 1. The molecule has 5 nitrogen and oxygen atoms in total. The number of benzene rings is 1. The van der Waals surface area contributed by atoms with Crippen LogP contribution in [0.25, 0.3) is 0 Å². The predicted molar refractivity (Wildman–Crippen MR) is 95.2 cm³/mol. The fraction of sp³-hybridized carbons (Fsp3) is 0.579. The third-order valence-electron chi connectivity index (χ3n) is 4.85. The number of aromatic nitrogens is 3. The Kier molecular flexibility index (Phi) is 5.68. The van der Waals surface area contributed by atoms with Crippen LogP contribution in [0.15, 0.2) is 18.2 Å². The fourth-order valence-electron chi connectivity index (χ4n) is 3.43. The summed E-state index contributed by atoms with van der Waals surface area (Å²) in [6.45, 7) is 6.16. The van der Waals surface area contributed by atoms with Gasteiger partial charge in [0.1, 0.15) is 11.6 Å². The molecule has 3 rings (SSSR count). The highest BCUT2D eigenvalue weighted by atomic mass is 19.1. The number of hydrogen-bond acceptors (Lipinski definition) is 4. The fourth-order valence-corrected chi connectivity index (χ4v) is 3.43. The molecular weight excluding hydrogens is 319 g/mol. The van der Waals surface area contributed by atoms with Crippen molar-refractivity contribution in [1.29, 1.82) is 0 Å². The number of methoxy groups -OCH3 is 1. The van der Waals surface area contributed by atoms with E-state index in [0.717, 1.165) is 43.1 Å². The van der Waals surface area contributed by atoms with Gasteiger partial charge in [-0.2, -0.15) is 0 Å². The van der Waals surface area contributed by atoms with E-state index in [2.05, 4.69) is 33.9 Å². The van der Waals surface area contributed by atoms with E-state index in [9.17, 15) is 4.39 Å². The van der Waals surface area contributed by atoms with E-state index in [0.29, 0.717) is 11.7 Å². The van der Waals surface area contributed by atoms with Gasteiger partial charge in [-0.15, -0.1) is 10.2 Å². The summed E-state index contributed by atoms with van der Waals surface area (Å²) < 4.78 is 21.0. The van der Waals surface area contributed by atoms with Crippen LogP contribution in [-0.2, 0) is 19.4 Å². The van der Waals surface area contributed by atoms with Crippen molar-refractivity contribution in [2.45, 2.75) is 52.1 Å². The van der Waals surface area contributed by atoms with Crippen molar-refractivity contribution in [3.63, 3.8) is 0 Å². The van der Waals surface area contributed by atoms with E-state index in [1.165, 1.54) is 20.0 Å². The molecule has 1 aromatic carbocycles. The largest absolute Gasteiger partial charge is 0.494 e. The number of ether oxygens (including phenoxy) is 1. The summed E-state index contributed by atoms with van der Waals surface area (Å²) in [6, 6.07) is 5.34. The summed E-state index contributed by atoms with van der Waals surface area (Å²) in [5.41, 5.74) is 0.986. The van der Waals surface area contributed by atoms with Gasteiger partial charge < -0.3 is 14.6 Å². The van der Waals surface area contributed by atoms with Crippen molar-refractivity contribution in [2.24, 2.45) is 5.92 Å². The summed E-state index contributed by atoms with van der Waals surface area (Å²) in [5.74, 6) is 2.51. The Hall–Kier alpha value is -1.95. The average Bonchev–Trinajstić information content (AvgIpc) is 3.04. The van der Waals surface area contributed by atoms with Gasteiger partial charge in [-0.25, -0.2) is 4.39 Å². The van der Waals surface area contributed by atoms with Crippen LogP contribution in [0.4, 0.5) is 4.39 Å². The molecule has 6 heteroatoms. The number of hydrogen-bond donors (Lipinski definition) is 1. The SMILES string of the molecule is COc1ccc(C[C@H](C)CN[C@H](C)c2nnc3n2CCCC3)cc1F. The molecule has 1 aliphatic heterocycles. The summed E-state index contributed by atoms with van der Waals surface area (Å²) in [5, 5.41) is 12.2. The first kappa shape index (κ1) is 17.9. The Morgan fingerprint density at radius 3 is 2.88 bits per heavy atom. The topological polar surface area (TPSA) is 52.0 Å². The van der Waals surface area contributed by atoms with E-state index in [-0.39, 0.29) is 11.9 Å². The van der Waals surface area contributed by atoms with Crippen molar-refractivity contribution in [3.8, 4) is 5.75 Å². The molecule has 0 fully saturated rings. The molecule has 0 radical (unpaired) electrons. The van der Waals surface area contributed by atoms with Gasteiger partial charge in [-0.3, -0.25) is 0 Å². The lowest BCUT2D eigenvalue weighted by molar-refractivity contribution is 0.385. The molecule has 0 amide bonds. The minimum absolute atomic E-state index is 0.161. The Bertz CT molecular complexity index is 715. The maximum Gasteiger partial charge on any atom is 0.165 e. The van der Waals surface area contributed by atoms with Gasteiger partial charge in [0.15, 0.2) is 11.6 Å². The highest BCUT2D eigenvalue weighted by Gasteiger charge is 2.20. The molecule has 0 spiro atoms. The van der Waals surface area contributed by atoms with Crippen LogP contribution < -0.4 is 10.1 Å². The molecule has 2 heterocycles. The van der Waals surface area contributed by atoms with Crippen molar-refractivity contribution in [2.75, 3.05) is 13.7 Å². The Morgan fingerprint density at radius 2 is 2.12 bits per heavy atom. The van der Waals surface area contributed by atoms with E-state index < -0.39 is 0 Å². The maximum absolute atomic E-state index is 13.8. The minimum atomic E-state index is -0.302. The molecule has 1 aromatic heterocycles. The zero-order valence-electron chi connectivity index (χ0n) is 15.3. The van der Waals surface area contributed by atoms with Gasteiger partial charge in [0.2, 0.25) is 0 Å². The van der Waals surface area contributed by atoms with Gasteiger partial charge in [-0.05, 0) is 56.3 Å². The third kappa shape index (κ3) is 4.18. The quantitative estimate of drug-likeness (QED) is 0.836. The molecule has 1 aliphatic rings. The smallest absolute Gasteiger partial charge is 0.165 e. The lowest BCUT2D eigenvalue weighted by Crippen LogP contribution is -2.28. The first-order chi connectivity index (χ1) is 12.1. The van der Waals surface area contributed by atoms with Crippen LogP contribution in [0.3, 0.4) is 0 Å². The highest BCUT2D eigenvalue weighted by molar-refractivity contribution is 5.29. The molecule has 2 atom stereocenters. The molecular formula is C19H27FN4O. The van der Waals surface area contributed by atoms with Gasteiger partial charge in [0.05, 0.1) is 13.2 Å². The van der Waals surface area contributed by atoms with Gasteiger partial charge in [0.25, 0.3) is 0 Å². The van der Waals surface area contributed by atoms with Crippen LogP contribution in [0, 0.1) is 11.7 Å². The van der Waals surface area contributed by atoms with Gasteiger partial charge in [0, 0.05) is 13.0 Å². The number of fused-ring (bicyclic) bond motifs is 1. The number of rotatable bonds is 7. The third-order valence-corrected chi connectivity index (χ3v) is 4.85. The molecule has 25 heavy (non-hydrogen) atoms. The van der Waals surface area contributed by atoms with Crippen molar-refractivity contribution < 1.29 is 9.13 Å². The Labute approximate surface area is 148 Å². The number of nitrogens with one attached hydrogen (secondary N) is 1. The number of aryl methyl sites for hydroxylation is 1. The Balaban J connectivity index is 1.54. The molecule has 0 saturated heterocycles. The van der Waals surface area contributed by atoms with Crippen LogP contribution >= 0.6 is 0 Å². The first-order valence-corrected chi connectivity index (χ1v) is 9.06. The van der Waals surface area contributed by atoms with Gasteiger partial charge in [-0.1, -0.05) is 13.0 Å². The highest BCUT2D eigenvalue weighted by Crippen LogP contribution is 2.21. The van der Waals surface area contributed by atoms with E-state index >= 15 is 0 Å². The first-order valence-electron chi connectivity index (χ1n) is 9.06. The summed E-state index contributed by atoms with van der Waals surface area (Å²) >= 11 is 0. The van der Waals surface area contributed by atoms with Crippen LogP contribution in [-0.4, -0.2) is 28.4 Å². The monoisotopic (exact) mass is 346 g/mol. The summed E-state index contributed by atoms with van der Waals surface area (Å²) in [4.78, 5) is 0. The van der Waals surface area contributed by atoms with E-state index in [4.69, 9.17) is 4.74 Å². The summed E-state index contributed by atoms with van der Waals surface area (Å²) in [6.07, 6.45) is 4.25. The zero-order chi connectivity index (χ0) is 17.8. The average molecular weight is 346 g/mol. The molecule has 1 N–H and O–H groups in total. The summed E-state index contributed by atoms with van der Waals surface area (Å²) in [7, 11) is 1.48. The normalized spacial score (nSPS) is 16.3. The maximum atomic E-state index is 13.8. The van der Waals surface area contributed by atoms with Crippen molar-refractivity contribution in [3.05, 3.63) is 41.2 Å². The van der Waals surface area contributed by atoms with Crippen molar-refractivity contribution in [1.82, 2.24) is 20.1 Å². The lowest BCUT2D eigenvalue weighted by atomic mass is 10.0. The number of nitrogens with zero attached hydrogens (tertiary/aromatic N) is 3. The minimum Gasteiger partial charge on any atom is -0.494 e. The van der Waals surface area contributed by atoms with Crippen LogP contribution in [0.1, 0.15) is 49.9 Å². The Morgan fingerprint density at radius 1 is 1.28 bits per heavy atom. The molecule has 2 aromatic rings. The van der Waals surface area contributed by atoms with E-state index in [1.54, 1.807) is 12.1 Å². The molecule has 136 valence electrons. The second kappa shape index (κ2) is 7.95. The zero-order valence-corrected chi connectivity index (χ0v) is 15.3. The standard InChI is InChI=1S/C19H27FN4O/c1-13(10-15-7-8-17(25-3)16(20)11-15)12-21-14(2)19-23-22-18-6-4-5-9-24(18)19/h7-8,11,13-14,21H,4-6,9-10,12H2,1-3H3/t13-,14+/m0/s1. The predicted octanol–water partition coefficient (Wildman–Crippen LogP) is 3.29. The van der Waals surface area contributed by atoms with Crippen LogP contribution in [0.5, 0.6) is 5.75 Å². The molecule has 0 unspecified atom stereocenters. The van der Waals surface area contributed by atoms with Crippen molar-refractivity contribution >= 4 is 0 Å². The van der Waals surface area contributed by atoms with Crippen LogP contribution in [0.2, 0.25) is 0 Å². The molecule has 0 saturated carbocycles. The second-order valence-electron chi connectivity index (χ2n) is 6.99. The second-order valence-corrected chi connectivity index (χ2v) is 6.99. The molecule has 0 bridgehead atoms. The lowest BCUT2D eigenvalue weighted by Gasteiger charge is -2.20.